The fraction of sp³-hybridized carbons (Fsp3) is 0. The number of para-hydroxylation sites is 4. The first-order chi connectivity index (χ1) is 32.8. The average molecular weight is 881 g/mol. The molecule has 0 saturated carbocycles. The summed E-state index contributed by atoms with van der Waals surface area (Å²) in [5.74, 6) is 0. The summed E-state index contributed by atoms with van der Waals surface area (Å²) in [4.78, 5) is 0. The molecule has 0 amide bonds. The van der Waals surface area contributed by atoms with Gasteiger partial charge in [-0.2, -0.15) is 0 Å². The molecule has 0 aliphatic carbocycles. The summed E-state index contributed by atoms with van der Waals surface area (Å²) in [6.07, 6.45) is 0. The maximum atomic E-state index is 7.38. The van der Waals surface area contributed by atoms with Crippen molar-refractivity contribution in [1.82, 2.24) is 18.3 Å². The SMILES string of the molecule is c1ccc(-n2c3cccc4oc5cc6c(cc7oc8cccc9c8p8c%10c(cccc%10n(-c%10ccccc%10)c6c78)n9-c6ccccc6)c6c5p(c43)c3c2cccc3n6-c2ccccc2)cc1. The smallest absolute Gasteiger partial charge is 0.141 e. The van der Waals surface area contributed by atoms with E-state index in [0.29, 0.717) is 0 Å². The lowest BCUT2D eigenvalue weighted by atomic mass is 10.1. The van der Waals surface area contributed by atoms with Gasteiger partial charge in [0, 0.05) is 43.8 Å². The normalized spacial score (nSPS) is 13.1. The third-order valence-electron chi connectivity index (χ3n) is 13.9. The van der Waals surface area contributed by atoms with E-state index in [1.54, 1.807) is 0 Å². The van der Waals surface area contributed by atoms with E-state index in [-0.39, 0.29) is 0 Å². The van der Waals surface area contributed by atoms with Crippen LogP contribution in [0.3, 0.4) is 0 Å². The molecule has 0 saturated heterocycles. The summed E-state index contributed by atoms with van der Waals surface area (Å²) in [6.45, 7) is 0. The van der Waals surface area contributed by atoms with E-state index >= 15 is 0 Å². The summed E-state index contributed by atoms with van der Waals surface area (Å²) >= 11 is 0. The molecule has 16 rings (SSSR count). The highest BCUT2D eigenvalue weighted by Crippen LogP contribution is 2.60. The standard InChI is InChI=1S/C58H34N4O2P2/c1-5-17-35(18-6-1)59-41-25-13-27-43-53(41)65-55-45(59)29-15-31-47(55)63-49-33-40-39(51(57(49)65)61(43)37-21-9-3-10-22-37)34-50-58-52(40)62(38-23-11-4-12-24-38)44-28-14-26-42-54(44)66(58)56-46(30-16-32-48(56)64-50)60(42)36-19-7-2-8-20-36/h1-34H. The second-order valence-electron chi connectivity index (χ2n) is 17.3. The van der Waals surface area contributed by atoms with Crippen LogP contribution in [0.2, 0.25) is 0 Å². The van der Waals surface area contributed by atoms with E-state index in [9.17, 15) is 0 Å². The van der Waals surface area contributed by atoms with Crippen molar-refractivity contribution in [3.63, 3.8) is 0 Å². The Kier molecular flexibility index (Phi) is 6.82. The Morgan fingerprint density at radius 3 is 0.924 bits per heavy atom. The Morgan fingerprint density at radius 2 is 0.561 bits per heavy atom. The molecule has 0 fully saturated rings. The summed E-state index contributed by atoms with van der Waals surface area (Å²) < 4.78 is 24.7. The summed E-state index contributed by atoms with van der Waals surface area (Å²) in [5, 5.41) is 9.96. The molecule has 16 aromatic rings. The molecule has 66 heavy (non-hydrogen) atoms. The van der Waals surface area contributed by atoms with Gasteiger partial charge in [-0.1, -0.05) is 112 Å². The second kappa shape index (κ2) is 12.8. The van der Waals surface area contributed by atoms with Crippen molar-refractivity contribution in [2.24, 2.45) is 0 Å². The Bertz CT molecular complexity index is 4370. The van der Waals surface area contributed by atoms with Crippen molar-refractivity contribution in [3.05, 3.63) is 206 Å². The van der Waals surface area contributed by atoms with Crippen LogP contribution in [-0.2, 0) is 0 Å². The zero-order valence-electron chi connectivity index (χ0n) is 35.1. The Morgan fingerprint density at radius 1 is 0.258 bits per heavy atom. The van der Waals surface area contributed by atoms with Crippen LogP contribution in [0.15, 0.2) is 215 Å². The van der Waals surface area contributed by atoms with Crippen LogP contribution in [-0.4, -0.2) is 18.3 Å². The van der Waals surface area contributed by atoms with Crippen molar-refractivity contribution >= 4 is 123 Å². The maximum Gasteiger partial charge on any atom is 0.141 e. The van der Waals surface area contributed by atoms with E-state index in [2.05, 4.69) is 225 Å². The Labute approximate surface area is 377 Å². The van der Waals surface area contributed by atoms with Crippen LogP contribution < -0.4 is 0 Å². The van der Waals surface area contributed by atoms with Crippen molar-refractivity contribution in [2.45, 2.75) is 0 Å². The lowest BCUT2D eigenvalue weighted by Gasteiger charge is -2.28. The van der Waals surface area contributed by atoms with Crippen molar-refractivity contribution < 1.29 is 8.83 Å². The van der Waals surface area contributed by atoms with Crippen LogP contribution in [0.4, 0.5) is 0 Å². The zero-order chi connectivity index (χ0) is 42.8. The summed E-state index contributed by atoms with van der Waals surface area (Å²) in [7, 11) is -2.12. The Balaban J connectivity index is 1.21. The minimum atomic E-state index is -1.06. The zero-order valence-corrected chi connectivity index (χ0v) is 36.9. The van der Waals surface area contributed by atoms with Crippen molar-refractivity contribution in [1.29, 1.82) is 0 Å². The van der Waals surface area contributed by atoms with Gasteiger partial charge in [0.1, 0.15) is 22.3 Å². The molecule has 6 nitrogen and oxygen atoms in total. The predicted octanol–water partition coefficient (Wildman–Crippen LogP) is 17.3. The van der Waals surface area contributed by atoms with E-state index < -0.39 is 14.7 Å². The van der Waals surface area contributed by atoms with Gasteiger partial charge >= 0.3 is 0 Å². The fourth-order valence-corrected chi connectivity index (χ4v) is 17.5. The van der Waals surface area contributed by atoms with Gasteiger partial charge < -0.3 is 27.1 Å². The maximum absolute atomic E-state index is 7.38. The third kappa shape index (κ3) is 4.38. The molecule has 308 valence electrons. The van der Waals surface area contributed by atoms with Crippen LogP contribution in [0, 0.1) is 0 Å². The van der Waals surface area contributed by atoms with E-state index in [0.717, 1.165) is 66.9 Å². The molecule has 0 aliphatic heterocycles. The number of fused-ring (bicyclic) bond motifs is 3. The first kappa shape index (κ1) is 35.2. The Hall–Kier alpha value is -8.14. The average Bonchev–Trinajstić information content (AvgIpc) is 3.37. The molecule has 0 N–H and O–H groups in total. The fourth-order valence-electron chi connectivity index (χ4n) is 11.5. The predicted molar refractivity (Wildman–Crippen MR) is 277 cm³/mol. The molecule has 0 aliphatic rings. The van der Waals surface area contributed by atoms with Crippen molar-refractivity contribution in [3.8, 4) is 22.7 Å². The largest absolute Gasteiger partial charge is 0.455 e. The molecule has 0 radical (unpaired) electrons. The molecule has 2 atom stereocenters. The number of benzene rings is 10. The van der Waals surface area contributed by atoms with E-state index in [4.69, 9.17) is 8.83 Å². The molecule has 10 aromatic carbocycles. The van der Waals surface area contributed by atoms with Crippen molar-refractivity contribution in [2.75, 3.05) is 0 Å². The van der Waals surface area contributed by atoms with E-state index in [1.165, 1.54) is 63.8 Å². The highest BCUT2D eigenvalue weighted by Gasteiger charge is 2.30. The van der Waals surface area contributed by atoms with Gasteiger partial charge in [0.05, 0.1) is 64.6 Å². The van der Waals surface area contributed by atoms with Gasteiger partial charge in [-0.25, -0.2) is 0 Å². The molecule has 0 spiro atoms. The molecule has 2 unspecified atom stereocenters. The molecular weight excluding hydrogens is 847 g/mol. The van der Waals surface area contributed by atoms with Gasteiger partial charge in [-0.15, -0.1) is 0 Å². The second-order valence-corrected chi connectivity index (χ2v) is 21.4. The minimum Gasteiger partial charge on any atom is -0.455 e. The monoisotopic (exact) mass is 880 g/mol. The van der Waals surface area contributed by atoms with Gasteiger partial charge in [0.25, 0.3) is 0 Å². The lowest BCUT2D eigenvalue weighted by Crippen LogP contribution is -2.07. The first-order valence-electron chi connectivity index (χ1n) is 22.4. The van der Waals surface area contributed by atoms with Crippen LogP contribution in [0.25, 0.3) is 131 Å². The van der Waals surface area contributed by atoms with Gasteiger partial charge in [0.2, 0.25) is 0 Å². The number of hydrogen-bond acceptors (Lipinski definition) is 2. The number of hydrogen-bond donors (Lipinski definition) is 0. The molecule has 6 heterocycles. The van der Waals surface area contributed by atoms with Gasteiger partial charge in [0.15, 0.2) is 0 Å². The number of nitrogens with zero attached hydrogens (tertiary/aromatic N) is 4. The quantitative estimate of drug-likeness (QED) is 0.131. The summed E-state index contributed by atoms with van der Waals surface area (Å²) in [5.41, 5.74) is 17.6. The highest BCUT2D eigenvalue weighted by molar-refractivity contribution is 7.64. The molecule has 6 aromatic heterocycles. The van der Waals surface area contributed by atoms with E-state index in [1.807, 2.05) is 0 Å². The molecular formula is C58H34N4O2P2. The van der Waals surface area contributed by atoms with Crippen LogP contribution in [0.5, 0.6) is 0 Å². The molecule has 8 heteroatoms. The highest BCUT2D eigenvalue weighted by atomic mass is 31.1. The van der Waals surface area contributed by atoms with Crippen LogP contribution in [0.1, 0.15) is 0 Å². The minimum absolute atomic E-state index is 0.913. The number of aromatic nitrogens is 4. The van der Waals surface area contributed by atoms with Gasteiger partial charge in [-0.3, -0.25) is 0 Å². The first-order valence-corrected chi connectivity index (χ1v) is 25.0. The lowest BCUT2D eigenvalue weighted by molar-refractivity contribution is 0.662. The molecule has 0 bridgehead atoms. The van der Waals surface area contributed by atoms with Crippen LogP contribution >= 0.6 is 14.7 Å². The van der Waals surface area contributed by atoms with Gasteiger partial charge in [-0.05, 0) is 109 Å². The topological polar surface area (TPSA) is 46.0 Å². The summed E-state index contributed by atoms with van der Waals surface area (Å²) in [6, 6.07) is 75.1. The number of rotatable bonds is 4. The third-order valence-corrected chi connectivity index (χ3v) is 19.3.